The van der Waals surface area contributed by atoms with Crippen molar-refractivity contribution >= 4 is 9.84 Å². The number of hydrogen-bond acceptors (Lipinski definition) is 3. The first-order valence-corrected chi connectivity index (χ1v) is 10.8. The van der Waals surface area contributed by atoms with Gasteiger partial charge in [0.2, 0.25) is 0 Å². The van der Waals surface area contributed by atoms with E-state index in [0.717, 1.165) is 38.4 Å². The third kappa shape index (κ3) is 3.48. The van der Waals surface area contributed by atoms with Gasteiger partial charge >= 0.3 is 0 Å². The maximum Gasteiger partial charge on any atom is 0.151 e. The van der Waals surface area contributed by atoms with E-state index in [2.05, 4.69) is 36.1 Å². The van der Waals surface area contributed by atoms with Gasteiger partial charge in [-0.2, -0.15) is 0 Å². The third-order valence-electron chi connectivity index (χ3n) is 5.75. The van der Waals surface area contributed by atoms with Crippen molar-refractivity contribution in [3.63, 3.8) is 0 Å². The molecule has 4 rings (SSSR count). The molecule has 1 aromatic rings. The molecule has 3 aliphatic rings. The summed E-state index contributed by atoms with van der Waals surface area (Å²) in [6, 6.07) is 9.22. The normalized spacial score (nSPS) is 27.0. The smallest absolute Gasteiger partial charge is 0.151 e. The Morgan fingerprint density at radius 3 is 2.52 bits per heavy atom. The first-order valence-electron chi connectivity index (χ1n) is 8.95. The first-order chi connectivity index (χ1) is 10.9. The van der Waals surface area contributed by atoms with Crippen LogP contribution in [-0.2, 0) is 16.3 Å². The minimum Gasteiger partial charge on any atom is -0.302 e. The zero-order chi connectivity index (χ0) is 16.1. The van der Waals surface area contributed by atoms with Gasteiger partial charge in [0, 0.05) is 18.5 Å². The molecule has 126 valence electrons. The van der Waals surface area contributed by atoms with E-state index in [9.17, 15) is 8.42 Å². The molecule has 2 heterocycles. The number of likely N-dealkylation sites (tertiary alicyclic amines) is 1. The van der Waals surface area contributed by atoms with Gasteiger partial charge in [-0.1, -0.05) is 31.2 Å². The molecule has 1 aliphatic carbocycles. The van der Waals surface area contributed by atoms with Crippen molar-refractivity contribution in [3.05, 3.63) is 35.4 Å². The molecule has 1 spiro atoms. The Kier molecular flexibility index (Phi) is 3.80. The highest BCUT2D eigenvalue weighted by Gasteiger charge is 2.51. The van der Waals surface area contributed by atoms with Gasteiger partial charge < -0.3 is 4.90 Å². The fourth-order valence-electron chi connectivity index (χ4n) is 4.56. The van der Waals surface area contributed by atoms with Gasteiger partial charge in [0.05, 0.1) is 11.5 Å². The average molecular weight is 333 g/mol. The number of benzene rings is 1. The zero-order valence-corrected chi connectivity index (χ0v) is 14.8. The second kappa shape index (κ2) is 5.59. The summed E-state index contributed by atoms with van der Waals surface area (Å²) >= 11 is 0. The lowest BCUT2D eigenvalue weighted by atomic mass is 9.91. The number of sulfone groups is 1. The van der Waals surface area contributed by atoms with Crippen molar-refractivity contribution < 1.29 is 8.42 Å². The highest BCUT2D eigenvalue weighted by molar-refractivity contribution is 7.92. The fraction of sp³-hybridized carbons (Fsp3) is 0.684. The lowest BCUT2D eigenvalue weighted by molar-refractivity contribution is 0.249. The Hall–Kier alpha value is -0.870. The van der Waals surface area contributed by atoms with E-state index in [4.69, 9.17) is 0 Å². The Morgan fingerprint density at radius 2 is 1.91 bits per heavy atom. The van der Waals surface area contributed by atoms with E-state index < -0.39 is 9.84 Å². The molecule has 0 bridgehead atoms. The van der Waals surface area contributed by atoms with E-state index in [1.807, 2.05) is 0 Å². The second-order valence-electron chi connectivity index (χ2n) is 8.34. The predicted molar refractivity (Wildman–Crippen MR) is 93.4 cm³/mol. The topological polar surface area (TPSA) is 37.4 Å². The Balaban J connectivity index is 1.28. The van der Waals surface area contributed by atoms with Crippen LogP contribution in [0.15, 0.2) is 24.3 Å². The molecule has 4 heteroatoms. The molecule has 2 saturated heterocycles. The molecule has 1 unspecified atom stereocenters. The molecule has 1 atom stereocenters. The van der Waals surface area contributed by atoms with E-state index in [1.165, 1.54) is 24.0 Å². The lowest BCUT2D eigenvalue weighted by Gasteiger charge is -2.37. The van der Waals surface area contributed by atoms with E-state index in [1.54, 1.807) is 0 Å². The van der Waals surface area contributed by atoms with Crippen molar-refractivity contribution in [1.82, 2.24) is 4.90 Å². The lowest BCUT2D eigenvalue weighted by Crippen LogP contribution is -2.50. The fourth-order valence-corrected chi connectivity index (χ4v) is 6.81. The molecule has 0 radical (unpaired) electrons. The van der Waals surface area contributed by atoms with Crippen LogP contribution in [-0.4, -0.2) is 44.5 Å². The van der Waals surface area contributed by atoms with Crippen molar-refractivity contribution in [1.29, 1.82) is 0 Å². The van der Waals surface area contributed by atoms with Gasteiger partial charge in [-0.25, -0.2) is 8.42 Å². The van der Waals surface area contributed by atoms with Gasteiger partial charge in [0.15, 0.2) is 9.84 Å². The van der Waals surface area contributed by atoms with Gasteiger partial charge in [-0.3, -0.25) is 0 Å². The van der Waals surface area contributed by atoms with Crippen LogP contribution in [0, 0.1) is 11.3 Å². The van der Waals surface area contributed by atoms with Gasteiger partial charge in [-0.15, -0.1) is 0 Å². The largest absolute Gasteiger partial charge is 0.302 e. The summed E-state index contributed by atoms with van der Waals surface area (Å²) in [4.78, 5) is 2.48. The van der Waals surface area contributed by atoms with E-state index in [0.29, 0.717) is 17.4 Å². The molecule has 1 saturated carbocycles. The SMILES string of the molecule is CC(Cc1ccc(C2CC2)cc1)CN1CCC2(C1)CS(=O)(=O)C2. The summed E-state index contributed by atoms with van der Waals surface area (Å²) in [5.41, 5.74) is 3.04. The van der Waals surface area contributed by atoms with Crippen molar-refractivity contribution in [3.8, 4) is 0 Å². The first kappa shape index (κ1) is 15.6. The summed E-state index contributed by atoms with van der Waals surface area (Å²) in [7, 11) is -2.71. The summed E-state index contributed by atoms with van der Waals surface area (Å²) in [5, 5.41) is 0. The zero-order valence-electron chi connectivity index (χ0n) is 14.0. The van der Waals surface area contributed by atoms with Crippen LogP contribution in [0.25, 0.3) is 0 Å². The molecule has 0 N–H and O–H groups in total. The van der Waals surface area contributed by atoms with Crippen LogP contribution >= 0.6 is 0 Å². The quantitative estimate of drug-likeness (QED) is 0.831. The molecule has 1 aromatic carbocycles. The third-order valence-corrected chi connectivity index (χ3v) is 7.86. The minimum absolute atomic E-state index is 0.102. The number of nitrogens with zero attached hydrogens (tertiary/aromatic N) is 1. The molecule has 0 aromatic heterocycles. The summed E-state index contributed by atoms with van der Waals surface area (Å²) in [6.45, 7) is 5.46. The number of rotatable bonds is 5. The number of hydrogen-bond donors (Lipinski definition) is 0. The van der Waals surface area contributed by atoms with E-state index >= 15 is 0 Å². The highest BCUT2D eigenvalue weighted by atomic mass is 32.2. The average Bonchev–Trinajstić information content (AvgIpc) is 3.22. The second-order valence-corrected chi connectivity index (χ2v) is 10.4. The van der Waals surface area contributed by atoms with Crippen LogP contribution in [0.3, 0.4) is 0 Å². The van der Waals surface area contributed by atoms with Crippen LogP contribution < -0.4 is 0 Å². The highest BCUT2D eigenvalue weighted by Crippen LogP contribution is 2.42. The molecule has 3 nitrogen and oxygen atoms in total. The van der Waals surface area contributed by atoms with Gasteiger partial charge in [0.25, 0.3) is 0 Å². The molecular formula is C19H27NO2S. The molecule has 2 aliphatic heterocycles. The van der Waals surface area contributed by atoms with Crippen LogP contribution in [0.4, 0.5) is 0 Å². The van der Waals surface area contributed by atoms with Gasteiger partial charge in [-0.05, 0) is 55.2 Å². The maximum absolute atomic E-state index is 11.5. The van der Waals surface area contributed by atoms with Crippen molar-refractivity contribution in [2.24, 2.45) is 11.3 Å². The van der Waals surface area contributed by atoms with Crippen LogP contribution in [0.1, 0.15) is 43.2 Å². The summed E-state index contributed by atoms with van der Waals surface area (Å²) in [5.74, 6) is 2.30. The van der Waals surface area contributed by atoms with E-state index in [-0.39, 0.29) is 5.41 Å². The minimum atomic E-state index is -2.71. The molecule has 23 heavy (non-hydrogen) atoms. The molecule has 0 amide bonds. The van der Waals surface area contributed by atoms with Crippen LogP contribution in [0.5, 0.6) is 0 Å². The van der Waals surface area contributed by atoms with Crippen molar-refractivity contribution in [2.45, 2.75) is 38.5 Å². The Morgan fingerprint density at radius 1 is 1.22 bits per heavy atom. The maximum atomic E-state index is 11.5. The molecular weight excluding hydrogens is 306 g/mol. The van der Waals surface area contributed by atoms with Gasteiger partial charge in [0.1, 0.15) is 0 Å². The molecule has 3 fully saturated rings. The van der Waals surface area contributed by atoms with Crippen molar-refractivity contribution in [2.75, 3.05) is 31.1 Å². The summed E-state index contributed by atoms with van der Waals surface area (Å²) in [6.07, 6.45) is 4.91. The van der Waals surface area contributed by atoms with Crippen LogP contribution in [0.2, 0.25) is 0 Å². The Bertz CT molecular complexity index is 664. The monoisotopic (exact) mass is 333 g/mol. The standard InChI is InChI=1S/C19H27NO2S/c1-15(10-16-2-4-17(5-3-16)18-6-7-18)11-20-9-8-19(12-20)13-23(21,22)14-19/h2-5,15,18H,6-14H2,1H3. The summed E-state index contributed by atoms with van der Waals surface area (Å²) < 4.78 is 23.0. The Labute approximate surface area is 140 Å². The predicted octanol–water partition coefficient (Wildman–Crippen LogP) is 2.86.